The van der Waals surface area contributed by atoms with Crippen LogP contribution in [0.15, 0.2) is 54.7 Å². The second kappa shape index (κ2) is 10.0. The van der Waals surface area contributed by atoms with E-state index in [0.29, 0.717) is 32.7 Å². The van der Waals surface area contributed by atoms with Gasteiger partial charge in [-0.3, -0.25) is 9.78 Å². The first-order chi connectivity index (χ1) is 15.7. The van der Waals surface area contributed by atoms with E-state index in [4.69, 9.17) is 14.2 Å². The number of amides is 1. The molecule has 2 aromatic carbocycles. The molecule has 0 radical (unpaired) electrons. The maximum Gasteiger partial charge on any atom is 0.235 e. The zero-order valence-electron chi connectivity index (χ0n) is 18.7. The third-order valence-corrected chi connectivity index (χ3v) is 6.16. The zero-order valence-corrected chi connectivity index (χ0v) is 18.7. The number of fused-ring (bicyclic) bond motifs is 1. The van der Waals surface area contributed by atoms with Crippen LogP contribution in [0.4, 0.5) is 5.69 Å². The van der Waals surface area contributed by atoms with Crippen molar-refractivity contribution < 1.29 is 19.0 Å². The Morgan fingerprint density at radius 1 is 1.12 bits per heavy atom. The first kappa shape index (κ1) is 22.1. The minimum absolute atomic E-state index is 0.0317. The number of nitrogens with zero attached hydrogens (tertiary/aromatic N) is 1. The number of aromatic nitrogens is 1. The second-order valence-corrected chi connectivity index (χ2v) is 8.09. The van der Waals surface area contributed by atoms with Crippen LogP contribution in [-0.2, 0) is 14.9 Å². The summed E-state index contributed by atoms with van der Waals surface area (Å²) in [6, 6.07) is 15.4. The molecule has 0 bridgehead atoms. The minimum atomic E-state index is -0.657. The Kier molecular flexibility index (Phi) is 6.90. The summed E-state index contributed by atoms with van der Waals surface area (Å²) >= 11 is 0. The molecule has 3 aromatic rings. The Bertz CT molecular complexity index is 1060. The molecule has 6 nitrogen and oxygen atoms in total. The van der Waals surface area contributed by atoms with Gasteiger partial charge in [0.25, 0.3) is 0 Å². The van der Waals surface area contributed by atoms with Crippen LogP contribution in [0.1, 0.15) is 38.2 Å². The van der Waals surface area contributed by atoms with Gasteiger partial charge in [-0.2, -0.15) is 0 Å². The monoisotopic (exact) mass is 434 g/mol. The maximum absolute atomic E-state index is 13.7. The molecule has 1 saturated heterocycles. The third kappa shape index (κ3) is 4.41. The molecule has 6 heteroatoms. The van der Waals surface area contributed by atoms with Crippen molar-refractivity contribution in [2.24, 2.45) is 0 Å². The average Bonchev–Trinajstić information content (AvgIpc) is 2.85. The molecule has 32 heavy (non-hydrogen) atoms. The molecule has 0 unspecified atom stereocenters. The normalized spacial score (nSPS) is 15.3. The lowest BCUT2D eigenvalue weighted by Gasteiger charge is -2.36. The Balaban J connectivity index is 1.65. The number of ether oxygens (including phenoxy) is 3. The molecule has 1 N–H and O–H groups in total. The van der Waals surface area contributed by atoms with Crippen molar-refractivity contribution >= 4 is 22.5 Å². The van der Waals surface area contributed by atoms with Gasteiger partial charge in [-0.1, -0.05) is 25.5 Å². The van der Waals surface area contributed by atoms with E-state index in [1.165, 1.54) is 0 Å². The number of unbranched alkanes of at least 4 members (excludes halogenated alkanes) is 1. The van der Waals surface area contributed by atoms with Gasteiger partial charge < -0.3 is 19.5 Å². The van der Waals surface area contributed by atoms with Gasteiger partial charge in [0.1, 0.15) is 17.0 Å². The van der Waals surface area contributed by atoms with Crippen molar-refractivity contribution in [2.75, 3.05) is 32.2 Å². The molecule has 1 fully saturated rings. The number of carbonyl (C=O) groups is 1. The molecule has 4 rings (SSSR count). The van der Waals surface area contributed by atoms with Crippen molar-refractivity contribution in [3.05, 3.63) is 60.3 Å². The van der Waals surface area contributed by atoms with Crippen LogP contribution < -0.4 is 14.8 Å². The number of methoxy groups -OCH3 is 1. The topological polar surface area (TPSA) is 69.7 Å². The van der Waals surface area contributed by atoms with E-state index < -0.39 is 5.41 Å². The molecule has 0 aliphatic carbocycles. The highest BCUT2D eigenvalue weighted by atomic mass is 16.5. The van der Waals surface area contributed by atoms with E-state index in [-0.39, 0.29) is 5.91 Å². The minimum Gasteiger partial charge on any atom is -0.497 e. The molecular formula is C26H30N2O4. The number of carbonyl (C=O) groups excluding carboxylic acids is 1. The van der Waals surface area contributed by atoms with Crippen LogP contribution in [0, 0.1) is 0 Å². The SMILES string of the molecule is CCCCOc1ccc(NC(=O)C2(c3ccc(OC)cc3)CCOCC2)c2cccnc12. The number of nitrogens with one attached hydrogen (secondary N) is 1. The average molecular weight is 435 g/mol. The molecule has 1 aliphatic heterocycles. The Hall–Kier alpha value is -3.12. The van der Waals surface area contributed by atoms with Crippen LogP contribution >= 0.6 is 0 Å². The van der Waals surface area contributed by atoms with E-state index in [0.717, 1.165) is 46.5 Å². The molecule has 2 heterocycles. The van der Waals surface area contributed by atoms with Crippen molar-refractivity contribution in [2.45, 2.75) is 38.0 Å². The van der Waals surface area contributed by atoms with Gasteiger partial charge in [0.05, 0.1) is 24.8 Å². The number of rotatable bonds is 8. The fraction of sp³-hybridized carbons (Fsp3) is 0.385. The van der Waals surface area contributed by atoms with Crippen molar-refractivity contribution in [1.82, 2.24) is 4.98 Å². The van der Waals surface area contributed by atoms with Gasteiger partial charge in [0, 0.05) is 24.8 Å². The molecule has 1 aromatic heterocycles. The molecule has 168 valence electrons. The molecule has 1 amide bonds. The number of anilines is 1. The lowest BCUT2D eigenvalue weighted by Crippen LogP contribution is -2.44. The highest BCUT2D eigenvalue weighted by Gasteiger charge is 2.42. The summed E-state index contributed by atoms with van der Waals surface area (Å²) in [7, 11) is 1.64. The van der Waals surface area contributed by atoms with E-state index >= 15 is 0 Å². The van der Waals surface area contributed by atoms with Crippen molar-refractivity contribution in [3.63, 3.8) is 0 Å². The maximum atomic E-state index is 13.7. The lowest BCUT2D eigenvalue weighted by atomic mass is 9.73. The summed E-state index contributed by atoms with van der Waals surface area (Å²) in [5, 5.41) is 4.06. The van der Waals surface area contributed by atoms with E-state index in [1.54, 1.807) is 13.3 Å². The lowest BCUT2D eigenvalue weighted by molar-refractivity contribution is -0.125. The molecule has 0 saturated carbocycles. The highest BCUT2D eigenvalue weighted by Crippen LogP contribution is 2.38. The van der Waals surface area contributed by atoms with E-state index in [1.807, 2.05) is 48.5 Å². The van der Waals surface area contributed by atoms with E-state index in [9.17, 15) is 4.79 Å². The Morgan fingerprint density at radius 2 is 1.91 bits per heavy atom. The largest absolute Gasteiger partial charge is 0.497 e. The Morgan fingerprint density at radius 3 is 2.62 bits per heavy atom. The van der Waals surface area contributed by atoms with Crippen molar-refractivity contribution in [1.29, 1.82) is 0 Å². The number of benzene rings is 2. The van der Waals surface area contributed by atoms with Crippen LogP contribution in [0.2, 0.25) is 0 Å². The van der Waals surface area contributed by atoms with Crippen molar-refractivity contribution in [3.8, 4) is 11.5 Å². The van der Waals surface area contributed by atoms with Gasteiger partial charge in [0.2, 0.25) is 5.91 Å². The third-order valence-electron chi connectivity index (χ3n) is 6.16. The van der Waals surface area contributed by atoms with Crippen LogP contribution in [0.3, 0.4) is 0 Å². The fourth-order valence-electron chi connectivity index (χ4n) is 4.22. The first-order valence-corrected chi connectivity index (χ1v) is 11.2. The molecule has 1 aliphatic rings. The summed E-state index contributed by atoms with van der Waals surface area (Å²) in [5.41, 5.74) is 1.81. The summed E-state index contributed by atoms with van der Waals surface area (Å²) in [6.45, 7) is 3.87. The number of hydrogen-bond donors (Lipinski definition) is 1. The first-order valence-electron chi connectivity index (χ1n) is 11.2. The Labute approximate surface area is 188 Å². The quantitative estimate of drug-likeness (QED) is 0.499. The highest BCUT2D eigenvalue weighted by molar-refractivity contribution is 6.06. The smallest absolute Gasteiger partial charge is 0.235 e. The van der Waals surface area contributed by atoms with Gasteiger partial charge in [-0.15, -0.1) is 0 Å². The molecular weight excluding hydrogens is 404 g/mol. The standard InChI is InChI=1S/C26H30N2O4/c1-3-4-16-32-23-12-11-22(21-6-5-15-27-24(21)23)28-25(29)26(13-17-31-18-14-26)19-7-9-20(30-2)10-8-19/h5-12,15H,3-4,13-14,16-18H2,1-2H3,(H,28,29). The molecule has 0 atom stereocenters. The fourth-order valence-corrected chi connectivity index (χ4v) is 4.22. The van der Waals surface area contributed by atoms with Crippen LogP contribution in [0.5, 0.6) is 11.5 Å². The zero-order chi connectivity index (χ0) is 22.4. The number of hydrogen-bond acceptors (Lipinski definition) is 5. The van der Waals surface area contributed by atoms with Gasteiger partial charge in [-0.25, -0.2) is 0 Å². The summed E-state index contributed by atoms with van der Waals surface area (Å²) < 4.78 is 16.8. The summed E-state index contributed by atoms with van der Waals surface area (Å²) in [5.74, 6) is 1.48. The van der Waals surface area contributed by atoms with Gasteiger partial charge in [-0.05, 0) is 61.2 Å². The predicted molar refractivity (Wildman–Crippen MR) is 126 cm³/mol. The van der Waals surface area contributed by atoms with Gasteiger partial charge in [0.15, 0.2) is 0 Å². The number of pyridine rings is 1. The molecule has 0 spiro atoms. The predicted octanol–water partition coefficient (Wildman–Crippen LogP) is 5.11. The summed E-state index contributed by atoms with van der Waals surface area (Å²) in [6.07, 6.45) is 5.05. The van der Waals surface area contributed by atoms with Crippen LogP contribution in [0.25, 0.3) is 10.9 Å². The van der Waals surface area contributed by atoms with E-state index in [2.05, 4.69) is 17.2 Å². The van der Waals surface area contributed by atoms with Gasteiger partial charge >= 0.3 is 0 Å². The second-order valence-electron chi connectivity index (χ2n) is 8.09. The van der Waals surface area contributed by atoms with Crippen LogP contribution in [-0.4, -0.2) is 37.8 Å². The summed E-state index contributed by atoms with van der Waals surface area (Å²) in [4.78, 5) is 18.3.